The molecular weight excluding hydrogens is 270 g/mol. The minimum atomic E-state index is 0.0594. The van der Waals surface area contributed by atoms with Gasteiger partial charge in [0.05, 0.1) is 0 Å². The quantitative estimate of drug-likeness (QED) is 0.837. The van der Waals surface area contributed by atoms with Crippen LogP contribution < -0.4 is 11.1 Å². The summed E-state index contributed by atoms with van der Waals surface area (Å²) in [7, 11) is 0. The lowest BCUT2D eigenvalue weighted by Crippen LogP contribution is -2.41. The lowest BCUT2D eigenvalue weighted by atomic mass is 10.1. The molecule has 1 heterocycles. The Hall–Kier alpha value is -1.20. The van der Waals surface area contributed by atoms with Crippen LogP contribution in [0.15, 0.2) is 18.2 Å². The molecule has 1 unspecified atom stereocenters. The summed E-state index contributed by atoms with van der Waals surface area (Å²) in [5.41, 5.74) is 8.31. The van der Waals surface area contributed by atoms with Gasteiger partial charge in [-0.15, -0.1) is 0 Å². The van der Waals surface area contributed by atoms with E-state index in [0.29, 0.717) is 18.2 Å². The summed E-state index contributed by atoms with van der Waals surface area (Å²) in [6.07, 6.45) is 0.531. The summed E-state index contributed by atoms with van der Waals surface area (Å²) in [4.78, 5) is 14.4. The average molecular weight is 293 g/mol. The molecule has 2 rings (SSSR count). The third-order valence-corrected chi connectivity index (χ3v) is 4.97. The second-order valence-corrected chi connectivity index (χ2v) is 6.43. The van der Waals surface area contributed by atoms with Gasteiger partial charge in [-0.05, 0) is 31.5 Å². The lowest BCUT2D eigenvalue weighted by Gasteiger charge is -2.32. The average Bonchev–Trinajstić information content (AvgIpc) is 2.43. The number of carbonyl (C=O) groups excluding carboxylic acids is 1. The van der Waals surface area contributed by atoms with Crippen molar-refractivity contribution in [2.45, 2.75) is 26.3 Å². The van der Waals surface area contributed by atoms with Gasteiger partial charge in [0.2, 0.25) is 5.91 Å². The van der Waals surface area contributed by atoms with Crippen molar-refractivity contribution < 1.29 is 4.79 Å². The van der Waals surface area contributed by atoms with Gasteiger partial charge in [0, 0.05) is 48.4 Å². The summed E-state index contributed by atoms with van der Waals surface area (Å²) in [6.45, 7) is 6.06. The van der Waals surface area contributed by atoms with Crippen LogP contribution in [-0.4, -0.2) is 41.4 Å². The largest absolute Gasteiger partial charge is 0.398 e. The minimum Gasteiger partial charge on any atom is -0.398 e. The van der Waals surface area contributed by atoms with Crippen molar-refractivity contribution in [3.8, 4) is 0 Å². The molecule has 20 heavy (non-hydrogen) atoms. The Balaban J connectivity index is 1.85. The summed E-state index contributed by atoms with van der Waals surface area (Å²) in [6, 6.07) is 6.17. The summed E-state index contributed by atoms with van der Waals surface area (Å²) in [5.74, 6) is 2.39. The molecule has 1 aliphatic heterocycles. The predicted octanol–water partition coefficient (Wildman–Crippen LogP) is 2.34. The second-order valence-electron chi connectivity index (χ2n) is 5.28. The van der Waals surface area contributed by atoms with Crippen LogP contribution in [0.1, 0.15) is 18.9 Å². The van der Waals surface area contributed by atoms with E-state index in [1.165, 1.54) is 5.75 Å². The Morgan fingerprint density at radius 3 is 3.10 bits per heavy atom. The zero-order valence-electron chi connectivity index (χ0n) is 12.2. The first-order valence-corrected chi connectivity index (χ1v) is 8.20. The predicted molar refractivity (Wildman–Crippen MR) is 87.2 cm³/mol. The van der Waals surface area contributed by atoms with E-state index >= 15 is 0 Å². The van der Waals surface area contributed by atoms with Gasteiger partial charge >= 0.3 is 0 Å². The van der Waals surface area contributed by atoms with E-state index in [1.807, 2.05) is 36.9 Å². The van der Waals surface area contributed by atoms with Gasteiger partial charge < -0.3 is 11.1 Å². The highest BCUT2D eigenvalue weighted by Gasteiger charge is 2.19. The third-order valence-electron chi connectivity index (χ3n) is 3.78. The number of hydrogen-bond donors (Lipinski definition) is 2. The summed E-state index contributed by atoms with van der Waals surface area (Å²) < 4.78 is 0. The normalized spacial score (nSPS) is 19.8. The van der Waals surface area contributed by atoms with E-state index in [9.17, 15) is 4.79 Å². The van der Waals surface area contributed by atoms with E-state index < -0.39 is 0 Å². The maximum atomic E-state index is 12.0. The molecule has 0 radical (unpaired) electrons. The number of nitrogen functional groups attached to an aromatic ring is 1. The summed E-state index contributed by atoms with van der Waals surface area (Å²) >= 11 is 1.99. The van der Waals surface area contributed by atoms with Gasteiger partial charge in [0.25, 0.3) is 0 Å². The van der Waals surface area contributed by atoms with Crippen molar-refractivity contribution in [3.05, 3.63) is 23.8 Å². The van der Waals surface area contributed by atoms with Gasteiger partial charge in [-0.2, -0.15) is 11.8 Å². The van der Waals surface area contributed by atoms with Crippen LogP contribution in [0.2, 0.25) is 0 Å². The van der Waals surface area contributed by atoms with Crippen LogP contribution in [0.25, 0.3) is 0 Å². The maximum absolute atomic E-state index is 12.0. The SMILES string of the molecule is Cc1c(N)cccc1NC(=O)CCN1CCSCC1C. The molecule has 1 aromatic rings. The van der Waals surface area contributed by atoms with Crippen molar-refractivity contribution in [2.24, 2.45) is 0 Å². The van der Waals surface area contributed by atoms with E-state index in [1.54, 1.807) is 0 Å². The fraction of sp³-hybridized carbons (Fsp3) is 0.533. The number of benzene rings is 1. The minimum absolute atomic E-state index is 0.0594. The van der Waals surface area contributed by atoms with E-state index in [-0.39, 0.29) is 5.91 Å². The van der Waals surface area contributed by atoms with Crippen molar-refractivity contribution >= 4 is 29.0 Å². The number of carbonyl (C=O) groups is 1. The molecule has 1 atom stereocenters. The molecule has 110 valence electrons. The molecule has 4 nitrogen and oxygen atoms in total. The van der Waals surface area contributed by atoms with Crippen molar-refractivity contribution in [1.29, 1.82) is 0 Å². The van der Waals surface area contributed by atoms with Crippen molar-refractivity contribution in [3.63, 3.8) is 0 Å². The van der Waals surface area contributed by atoms with Crippen LogP contribution in [0, 0.1) is 6.92 Å². The first-order valence-electron chi connectivity index (χ1n) is 7.04. The van der Waals surface area contributed by atoms with Gasteiger partial charge in [-0.25, -0.2) is 0 Å². The van der Waals surface area contributed by atoms with E-state index in [4.69, 9.17) is 5.73 Å². The molecule has 1 saturated heterocycles. The van der Waals surface area contributed by atoms with E-state index in [0.717, 1.165) is 30.1 Å². The molecule has 0 saturated carbocycles. The van der Waals surface area contributed by atoms with Gasteiger partial charge in [-0.1, -0.05) is 6.07 Å². The molecule has 0 aliphatic carbocycles. The first kappa shape index (κ1) is 15.2. The van der Waals surface area contributed by atoms with Crippen LogP contribution in [0.5, 0.6) is 0 Å². The molecule has 1 fully saturated rings. The Morgan fingerprint density at radius 1 is 1.55 bits per heavy atom. The second kappa shape index (κ2) is 6.99. The number of anilines is 2. The first-order chi connectivity index (χ1) is 9.58. The zero-order valence-corrected chi connectivity index (χ0v) is 13.0. The van der Waals surface area contributed by atoms with Crippen molar-refractivity contribution in [2.75, 3.05) is 35.6 Å². The highest BCUT2D eigenvalue weighted by Crippen LogP contribution is 2.21. The van der Waals surface area contributed by atoms with Gasteiger partial charge in [0.15, 0.2) is 0 Å². The Labute approximate surface area is 125 Å². The number of nitrogens with two attached hydrogens (primary N) is 1. The molecule has 3 N–H and O–H groups in total. The van der Waals surface area contributed by atoms with Crippen LogP contribution >= 0.6 is 11.8 Å². The highest BCUT2D eigenvalue weighted by atomic mass is 32.2. The van der Waals surface area contributed by atoms with Crippen LogP contribution in [-0.2, 0) is 4.79 Å². The molecule has 0 spiro atoms. The van der Waals surface area contributed by atoms with E-state index in [2.05, 4.69) is 17.1 Å². The molecule has 1 aliphatic rings. The Kier molecular flexibility index (Phi) is 5.31. The fourth-order valence-electron chi connectivity index (χ4n) is 2.34. The Bertz CT molecular complexity index is 478. The number of hydrogen-bond acceptors (Lipinski definition) is 4. The standard InChI is InChI=1S/C15H23N3OS/c1-11-10-20-9-8-18(11)7-6-15(19)17-14-5-3-4-13(16)12(14)2/h3-5,11H,6-10,16H2,1-2H3,(H,17,19). The third kappa shape index (κ3) is 3.90. The number of nitrogens with zero attached hydrogens (tertiary/aromatic N) is 1. The fourth-order valence-corrected chi connectivity index (χ4v) is 3.42. The lowest BCUT2D eigenvalue weighted by molar-refractivity contribution is -0.116. The number of nitrogens with one attached hydrogen (secondary N) is 1. The summed E-state index contributed by atoms with van der Waals surface area (Å²) in [5, 5.41) is 2.95. The molecule has 1 aromatic carbocycles. The smallest absolute Gasteiger partial charge is 0.225 e. The number of rotatable bonds is 4. The molecule has 0 bridgehead atoms. The Morgan fingerprint density at radius 2 is 2.35 bits per heavy atom. The molecule has 0 aromatic heterocycles. The van der Waals surface area contributed by atoms with Crippen molar-refractivity contribution in [1.82, 2.24) is 4.90 Å². The van der Waals surface area contributed by atoms with Gasteiger partial charge in [0.1, 0.15) is 0 Å². The maximum Gasteiger partial charge on any atom is 0.225 e. The molecule has 5 heteroatoms. The number of thioether (sulfide) groups is 1. The zero-order chi connectivity index (χ0) is 14.5. The van der Waals surface area contributed by atoms with Gasteiger partial charge in [-0.3, -0.25) is 9.69 Å². The number of amides is 1. The van der Waals surface area contributed by atoms with Crippen LogP contribution in [0.4, 0.5) is 11.4 Å². The molecular formula is C15H23N3OS. The molecule has 1 amide bonds. The van der Waals surface area contributed by atoms with Crippen LogP contribution in [0.3, 0.4) is 0 Å². The topological polar surface area (TPSA) is 58.4 Å². The monoisotopic (exact) mass is 293 g/mol. The highest BCUT2D eigenvalue weighted by molar-refractivity contribution is 7.99.